The van der Waals surface area contributed by atoms with Crippen molar-refractivity contribution in [2.24, 2.45) is 0 Å². The second-order valence-electron chi connectivity index (χ2n) is 4.32. The summed E-state index contributed by atoms with van der Waals surface area (Å²) in [5.74, 6) is -0.0398. The van der Waals surface area contributed by atoms with Gasteiger partial charge in [0.05, 0.1) is 12.6 Å². The van der Waals surface area contributed by atoms with E-state index in [0.717, 1.165) is 19.4 Å². The fourth-order valence-corrected chi connectivity index (χ4v) is 2.34. The fourth-order valence-electron chi connectivity index (χ4n) is 2.34. The lowest BCUT2D eigenvalue weighted by atomic mass is 10.1. The number of nitrogens with one attached hydrogen (secondary N) is 1. The third kappa shape index (κ3) is 2.19. The van der Waals surface area contributed by atoms with Crippen molar-refractivity contribution in [2.45, 2.75) is 38.3 Å². The predicted molar refractivity (Wildman–Crippen MR) is 57.8 cm³/mol. The maximum atomic E-state index is 11.8. The average molecular weight is 226 g/mol. The van der Waals surface area contributed by atoms with Gasteiger partial charge in [-0.3, -0.25) is 9.59 Å². The van der Waals surface area contributed by atoms with Gasteiger partial charge in [0.2, 0.25) is 11.8 Å². The third-order valence-corrected chi connectivity index (χ3v) is 3.22. The van der Waals surface area contributed by atoms with Gasteiger partial charge in [0.25, 0.3) is 0 Å². The van der Waals surface area contributed by atoms with Gasteiger partial charge < -0.3 is 15.0 Å². The van der Waals surface area contributed by atoms with Crippen molar-refractivity contribution >= 4 is 11.8 Å². The smallest absolute Gasteiger partial charge is 0.243 e. The first-order valence-corrected chi connectivity index (χ1v) is 5.91. The van der Waals surface area contributed by atoms with Crippen molar-refractivity contribution < 1.29 is 14.3 Å². The van der Waals surface area contributed by atoms with E-state index < -0.39 is 0 Å². The van der Waals surface area contributed by atoms with E-state index in [1.54, 1.807) is 4.90 Å². The zero-order valence-electron chi connectivity index (χ0n) is 9.57. The number of carbonyl (C=O) groups excluding carboxylic acids is 2. The van der Waals surface area contributed by atoms with Crippen LogP contribution in [0.3, 0.4) is 0 Å². The first-order chi connectivity index (χ1) is 7.72. The number of rotatable bonds is 3. The maximum absolute atomic E-state index is 11.8. The maximum Gasteiger partial charge on any atom is 0.243 e. The molecule has 0 radical (unpaired) electrons. The summed E-state index contributed by atoms with van der Waals surface area (Å²) < 4.78 is 5.51. The Labute approximate surface area is 95.1 Å². The molecule has 2 aliphatic heterocycles. The number of nitrogens with zero attached hydrogens (tertiary/aromatic N) is 1. The summed E-state index contributed by atoms with van der Waals surface area (Å²) in [6.07, 6.45) is 2.81. The lowest BCUT2D eigenvalue weighted by Crippen LogP contribution is -2.59. The van der Waals surface area contributed by atoms with E-state index in [4.69, 9.17) is 4.74 Å². The van der Waals surface area contributed by atoms with Crippen LogP contribution < -0.4 is 5.32 Å². The lowest BCUT2D eigenvalue weighted by molar-refractivity contribution is -0.147. The third-order valence-electron chi connectivity index (χ3n) is 3.22. The van der Waals surface area contributed by atoms with E-state index >= 15 is 0 Å². The molecule has 0 spiro atoms. The van der Waals surface area contributed by atoms with Crippen LogP contribution in [-0.2, 0) is 14.3 Å². The van der Waals surface area contributed by atoms with Crippen LogP contribution in [0.4, 0.5) is 0 Å². The van der Waals surface area contributed by atoms with Gasteiger partial charge >= 0.3 is 0 Å². The van der Waals surface area contributed by atoms with Gasteiger partial charge in [0, 0.05) is 13.2 Å². The second kappa shape index (κ2) is 4.82. The lowest BCUT2D eigenvalue weighted by Gasteiger charge is -2.35. The molecule has 5 heteroatoms. The Hall–Kier alpha value is -1.10. The highest BCUT2D eigenvalue weighted by molar-refractivity contribution is 5.94. The van der Waals surface area contributed by atoms with Crippen molar-refractivity contribution in [3.05, 3.63) is 0 Å². The summed E-state index contributed by atoms with van der Waals surface area (Å²) in [4.78, 5) is 25.0. The normalized spacial score (nSPS) is 30.7. The van der Waals surface area contributed by atoms with Crippen molar-refractivity contribution in [3.63, 3.8) is 0 Å². The van der Waals surface area contributed by atoms with Gasteiger partial charge in [0.15, 0.2) is 0 Å². The highest BCUT2D eigenvalue weighted by Crippen LogP contribution is 2.17. The Balaban J connectivity index is 2.02. The largest absolute Gasteiger partial charge is 0.376 e. The molecule has 5 nitrogen and oxygen atoms in total. The molecule has 2 amide bonds. The Morgan fingerprint density at radius 1 is 1.50 bits per heavy atom. The summed E-state index contributed by atoms with van der Waals surface area (Å²) in [7, 11) is 0. The number of hydrogen-bond acceptors (Lipinski definition) is 3. The summed E-state index contributed by atoms with van der Waals surface area (Å²) >= 11 is 0. The molecule has 2 heterocycles. The minimum atomic E-state index is -0.314. The quantitative estimate of drug-likeness (QED) is 0.731. The average Bonchev–Trinajstić information content (AvgIpc) is 2.77. The van der Waals surface area contributed by atoms with Gasteiger partial charge in [0.1, 0.15) is 6.04 Å². The predicted octanol–water partition coefficient (Wildman–Crippen LogP) is -0.0976. The van der Waals surface area contributed by atoms with E-state index in [1.807, 2.05) is 6.92 Å². The van der Waals surface area contributed by atoms with Gasteiger partial charge in [-0.25, -0.2) is 0 Å². The molecule has 0 aromatic rings. The van der Waals surface area contributed by atoms with Gasteiger partial charge in [-0.1, -0.05) is 6.92 Å². The van der Waals surface area contributed by atoms with Gasteiger partial charge in [-0.15, -0.1) is 0 Å². The first-order valence-electron chi connectivity index (χ1n) is 5.91. The molecule has 2 rings (SSSR count). The first kappa shape index (κ1) is 11.4. The van der Waals surface area contributed by atoms with Crippen LogP contribution in [0.2, 0.25) is 0 Å². The van der Waals surface area contributed by atoms with Crippen molar-refractivity contribution in [1.82, 2.24) is 10.2 Å². The van der Waals surface area contributed by atoms with Crippen LogP contribution >= 0.6 is 0 Å². The van der Waals surface area contributed by atoms with E-state index in [2.05, 4.69) is 5.32 Å². The van der Waals surface area contributed by atoms with Crippen molar-refractivity contribution in [3.8, 4) is 0 Å². The highest BCUT2D eigenvalue weighted by atomic mass is 16.5. The number of carbonyl (C=O) groups is 2. The summed E-state index contributed by atoms with van der Waals surface area (Å²) in [5.41, 5.74) is 0. The van der Waals surface area contributed by atoms with Crippen LogP contribution in [0.5, 0.6) is 0 Å². The SMILES string of the molecule is CCC1C(=O)NCC(=O)N1CC1CCCO1. The monoisotopic (exact) mass is 226 g/mol. The summed E-state index contributed by atoms with van der Waals surface area (Å²) in [6.45, 7) is 3.38. The van der Waals surface area contributed by atoms with E-state index in [9.17, 15) is 9.59 Å². The molecule has 16 heavy (non-hydrogen) atoms. The second-order valence-corrected chi connectivity index (χ2v) is 4.32. The molecule has 2 saturated heterocycles. The number of piperazine rings is 1. The molecule has 2 unspecified atom stereocenters. The van der Waals surface area contributed by atoms with Crippen LogP contribution in [0, 0.1) is 0 Å². The molecule has 0 bridgehead atoms. The molecule has 2 fully saturated rings. The van der Waals surface area contributed by atoms with Crippen LogP contribution in [0.1, 0.15) is 26.2 Å². The Kier molecular flexibility index (Phi) is 3.43. The molecule has 0 saturated carbocycles. The minimum Gasteiger partial charge on any atom is -0.376 e. The summed E-state index contributed by atoms with van der Waals surface area (Å²) in [6, 6.07) is -0.314. The topological polar surface area (TPSA) is 58.6 Å². The highest BCUT2D eigenvalue weighted by Gasteiger charge is 2.35. The van der Waals surface area contributed by atoms with E-state index in [1.165, 1.54) is 0 Å². The standard InChI is InChI=1S/C11H18N2O3/c1-2-9-11(15)12-6-10(14)13(9)7-8-4-3-5-16-8/h8-9H,2-7H2,1H3,(H,12,15). The molecule has 1 N–H and O–H groups in total. The Morgan fingerprint density at radius 2 is 2.31 bits per heavy atom. The van der Waals surface area contributed by atoms with Crippen LogP contribution in [-0.4, -0.2) is 48.6 Å². The number of ether oxygens (including phenoxy) is 1. The van der Waals surface area contributed by atoms with Crippen molar-refractivity contribution in [1.29, 1.82) is 0 Å². The molecule has 90 valence electrons. The Morgan fingerprint density at radius 3 is 2.94 bits per heavy atom. The number of hydrogen-bond donors (Lipinski definition) is 1. The molecule has 2 atom stereocenters. The molecule has 0 aromatic carbocycles. The van der Waals surface area contributed by atoms with Gasteiger partial charge in [-0.05, 0) is 19.3 Å². The molecule has 0 aliphatic carbocycles. The molecule has 0 aromatic heterocycles. The zero-order chi connectivity index (χ0) is 11.5. The number of amides is 2. The van der Waals surface area contributed by atoms with E-state index in [0.29, 0.717) is 13.0 Å². The fraction of sp³-hybridized carbons (Fsp3) is 0.818. The van der Waals surface area contributed by atoms with Crippen LogP contribution in [0.15, 0.2) is 0 Å². The summed E-state index contributed by atoms with van der Waals surface area (Å²) in [5, 5.41) is 2.62. The van der Waals surface area contributed by atoms with Gasteiger partial charge in [-0.2, -0.15) is 0 Å². The van der Waals surface area contributed by atoms with E-state index in [-0.39, 0.29) is 30.5 Å². The molecular weight excluding hydrogens is 208 g/mol. The molecule has 2 aliphatic rings. The van der Waals surface area contributed by atoms with Crippen molar-refractivity contribution in [2.75, 3.05) is 19.7 Å². The minimum absolute atomic E-state index is 0.00181. The molecular formula is C11H18N2O3. The zero-order valence-corrected chi connectivity index (χ0v) is 9.57. The Bertz CT molecular complexity index is 287. The van der Waals surface area contributed by atoms with Crippen LogP contribution in [0.25, 0.3) is 0 Å².